The van der Waals surface area contributed by atoms with Crippen molar-refractivity contribution in [2.24, 2.45) is 0 Å². The zero-order valence-electron chi connectivity index (χ0n) is 16.4. The molecular weight excluding hydrogens is 338 g/mol. The van der Waals surface area contributed by atoms with Gasteiger partial charge in [-0.3, -0.25) is 9.69 Å². The summed E-state index contributed by atoms with van der Waals surface area (Å²) in [4.78, 5) is 29.5. The van der Waals surface area contributed by atoms with Gasteiger partial charge in [0.25, 0.3) is 5.56 Å². The average Bonchev–Trinajstić information content (AvgIpc) is 2.69. The van der Waals surface area contributed by atoms with Crippen LogP contribution in [0.5, 0.6) is 0 Å². The van der Waals surface area contributed by atoms with Crippen LogP contribution in [0.4, 0.5) is 5.82 Å². The number of hydrogen-bond acceptors (Lipinski definition) is 5. The lowest BCUT2D eigenvalue weighted by molar-refractivity contribution is 0.240. The summed E-state index contributed by atoms with van der Waals surface area (Å²) in [7, 11) is 3.98. The van der Waals surface area contributed by atoms with E-state index in [9.17, 15) is 4.79 Å². The van der Waals surface area contributed by atoms with E-state index < -0.39 is 0 Å². The first-order chi connectivity index (χ1) is 13.1. The number of pyridine rings is 1. The summed E-state index contributed by atoms with van der Waals surface area (Å²) in [6.45, 7) is 2.41. The first-order valence-electron chi connectivity index (χ1n) is 10.1. The third kappa shape index (κ3) is 4.05. The number of hydrogen-bond donors (Lipinski definition) is 1. The van der Waals surface area contributed by atoms with Gasteiger partial charge in [-0.25, -0.2) is 9.97 Å². The first kappa shape index (κ1) is 18.2. The van der Waals surface area contributed by atoms with E-state index in [4.69, 9.17) is 4.98 Å². The Morgan fingerprint density at radius 2 is 2.04 bits per heavy atom. The van der Waals surface area contributed by atoms with Crippen LogP contribution in [0.2, 0.25) is 0 Å². The average molecular weight is 367 g/mol. The van der Waals surface area contributed by atoms with Crippen molar-refractivity contribution < 1.29 is 0 Å². The smallest absolute Gasteiger partial charge is 0.255 e. The van der Waals surface area contributed by atoms with Crippen molar-refractivity contribution in [1.29, 1.82) is 0 Å². The molecule has 0 bridgehead atoms. The van der Waals surface area contributed by atoms with E-state index in [0.29, 0.717) is 12.5 Å². The Hall–Kier alpha value is -2.21. The molecule has 2 aromatic heterocycles. The summed E-state index contributed by atoms with van der Waals surface area (Å²) >= 11 is 0. The Kier molecular flexibility index (Phi) is 5.25. The highest BCUT2D eigenvalue weighted by molar-refractivity contribution is 5.37. The molecule has 0 radical (unpaired) electrons. The molecule has 0 saturated heterocycles. The van der Waals surface area contributed by atoms with Crippen molar-refractivity contribution in [3.05, 3.63) is 51.3 Å². The Morgan fingerprint density at radius 3 is 2.74 bits per heavy atom. The van der Waals surface area contributed by atoms with Crippen LogP contribution in [0.3, 0.4) is 0 Å². The molecule has 0 atom stereocenters. The summed E-state index contributed by atoms with van der Waals surface area (Å²) in [5.74, 6) is 2.32. The summed E-state index contributed by atoms with van der Waals surface area (Å²) in [6, 6.07) is 4.16. The molecule has 1 fully saturated rings. The Balaban J connectivity index is 1.47. The third-order valence-electron chi connectivity index (χ3n) is 5.83. The van der Waals surface area contributed by atoms with Gasteiger partial charge in [-0.2, -0.15) is 0 Å². The molecule has 0 aromatic carbocycles. The highest BCUT2D eigenvalue weighted by atomic mass is 16.1. The normalized spacial score (nSPS) is 18.3. The van der Waals surface area contributed by atoms with Gasteiger partial charge >= 0.3 is 0 Å². The number of aromatic nitrogens is 3. The zero-order valence-corrected chi connectivity index (χ0v) is 16.4. The number of rotatable bonds is 4. The van der Waals surface area contributed by atoms with Crippen LogP contribution in [0.15, 0.2) is 23.1 Å². The lowest BCUT2D eigenvalue weighted by atomic mass is 9.88. The number of H-pyrrole nitrogens is 1. The van der Waals surface area contributed by atoms with E-state index in [1.807, 2.05) is 31.3 Å². The molecular formula is C21H29N5O. The fraction of sp³-hybridized carbons (Fsp3) is 0.571. The van der Waals surface area contributed by atoms with E-state index >= 15 is 0 Å². The predicted molar refractivity (Wildman–Crippen MR) is 107 cm³/mol. The Bertz CT molecular complexity index is 837. The summed E-state index contributed by atoms with van der Waals surface area (Å²) in [5.41, 5.74) is 3.09. The van der Waals surface area contributed by atoms with Gasteiger partial charge in [0.2, 0.25) is 0 Å². The van der Waals surface area contributed by atoms with Gasteiger partial charge in [-0.1, -0.05) is 25.3 Å². The number of aromatic amines is 1. The lowest BCUT2D eigenvalue weighted by Gasteiger charge is -2.29. The van der Waals surface area contributed by atoms with Crippen molar-refractivity contribution in [1.82, 2.24) is 19.9 Å². The van der Waals surface area contributed by atoms with E-state index in [-0.39, 0.29) is 5.56 Å². The molecule has 27 heavy (non-hydrogen) atoms. The maximum atomic E-state index is 12.7. The zero-order chi connectivity index (χ0) is 18.8. The number of nitrogens with one attached hydrogen (secondary N) is 1. The fourth-order valence-electron chi connectivity index (χ4n) is 4.24. The van der Waals surface area contributed by atoms with Crippen LogP contribution in [-0.4, -0.2) is 40.5 Å². The maximum Gasteiger partial charge on any atom is 0.255 e. The van der Waals surface area contributed by atoms with Crippen LogP contribution < -0.4 is 10.5 Å². The lowest BCUT2D eigenvalue weighted by Crippen LogP contribution is -2.36. The van der Waals surface area contributed by atoms with E-state index in [1.54, 1.807) is 0 Å². The standard InChI is InChI=1S/C21H29N5O/c1-25(2)19-9-8-15(12-22-19)13-26-11-10-18-17(14-26)21(27)24-20(23-18)16-6-4-3-5-7-16/h8-9,12,16H,3-7,10-11,13-14H2,1-2H3,(H,23,24,27). The highest BCUT2D eigenvalue weighted by Gasteiger charge is 2.24. The van der Waals surface area contributed by atoms with Gasteiger partial charge in [-0.15, -0.1) is 0 Å². The molecule has 2 aromatic rings. The molecule has 0 amide bonds. The Labute approximate surface area is 160 Å². The van der Waals surface area contributed by atoms with Gasteiger partial charge in [0.1, 0.15) is 11.6 Å². The molecule has 3 heterocycles. The van der Waals surface area contributed by atoms with Crippen LogP contribution in [0.25, 0.3) is 0 Å². The molecule has 0 unspecified atom stereocenters. The van der Waals surface area contributed by atoms with E-state index in [0.717, 1.165) is 55.3 Å². The van der Waals surface area contributed by atoms with Crippen molar-refractivity contribution in [3.63, 3.8) is 0 Å². The monoisotopic (exact) mass is 367 g/mol. The molecule has 0 spiro atoms. The second-order valence-electron chi connectivity index (χ2n) is 8.09. The van der Waals surface area contributed by atoms with Gasteiger partial charge in [0.05, 0.1) is 11.3 Å². The van der Waals surface area contributed by atoms with Crippen LogP contribution in [0, 0.1) is 0 Å². The number of fused-ring (bicyclic) bond motifs is 1. The highest BCUT2D eigenvalue weighted by Crippen LogP contribution is 2.30. The minimum absolute atomic E-state index is 0.0614. The minimum Gasteiger partial charge on any atom is -0.363 e. The van der Waals surface area contributed by atoms with Crippen molar-refractivity contribution in [2.75, 3.05) is 25.5 Å². The molecule has 1 aliphatic heterocycles. The van der Waals surface area contributed by atoms with Crippen molar-refractivity contribution in [3.8, 4) is 0 Å². The summed E-state index contributed by atoms with van der Waals surface area (Å²) in [6.07, 6.45) is 8.90. The Morgan fingerprint density at radius 1 is 1.22 bits per heavy atom. The fourth-order valence-corrected chi connectivity index (χ4v) is 4.24. The minimum atomic E-state index is 0.0614. The van der Waals surface area contributed by atoms with Gasteiger partial charge < -0.3 is 9.88 Å². The van der Waals surface area contributed by atoms with E-state index in [1.165, 1.54) is 24.8 Å². The van der Waals surface area contributed by atoms with Crippen LogP contribution >= 0.6 is 0 Å². The predicted octanol–water partition coefficient (Wildman–Crippen LogP) is 2.84. The van der Waals surface area contributed by atoms with Crippen LogP contribution in [-0.2, 0) is 19.5 Å². The number of nitrogens with zero attached hydrogens (tertiary/aromatic N) is 4. The second-order valence-corrected chi connectivity index (χ2v) is 8.09. The van der Waals surface area contributed by atoms with E-state index in [2.05, 4.69) is 20.9 Å². The molecule has 4 rings (SSSR count). The molecule has 1 N–H and O–H groups in total. The quantitative estimate of drug-likeness (QED) is 0.900. The molecule has 6 heteroatoms. The topological polar surface area (TPSA) is 65.1 Å². The van der Waals surface area contributed by atoms with Gasteiger partial charge in [0.15, 0.2) is 0 Å². The molecule has 144 valence electrons. The second kappa shape index (κ2) is 7.80. The SMILES string of the molecule is CN(C)c1ccc(CN2CCc3nc(C4CCCCC4)[nH]c(=O)c3C2)cn1. The van der Waals surface area contributed by atoms with Crippen LogP contribution in [0.1, 0.15) is 60.7 Å². The van der Waals surface area contributed by atoms with Crippen molar-refractivity contribution in [2.45, 2.75) is 57.5 Å². The van der Waals surface area contributed by atoms with Gasteiger partial charge in [0, 0.05) is 52.3 Å². The van der Waals surface area contributed by atoms with Gasteiger partial charge in [-0.05, 0) is 24.5 Å². The van der Waals surface area contributed by atoms with Crippen molar-refractivity contribution >= 4 is 5.82 Å². The molecule has 1 aliphatic carbocycles. The third-order valence-corrected chi connectivity index (χ3v) is 5.83. The summed E-state index contributed by atoms with van der Waals surface area (Å²) in [5, 5.41) is 0. The first-order valence-corrected chi connectivity index (χ1v) is 10.1. The largest absolute Gasteiger partial charge is 0.363 e. The molecule has 2 aliphatic rings. The maximum absolute atomic E-state index is 12.7. The molecule has 6 nitrogen and oxygen atoms in total. The number of anilines is 1. The summed E-state index contributed by atoms with van der Waals surface area (Å²) < 4.78 is 0. The molecule has 1 saturated carbocycles.